The highest BCUT2D eigenvalue weighted by Crippen LogP contribution is 2.39. The number of para-hydroxylation sites is 2. The van der Waals surface area contributed by atoms with E-state index in [9.17, 15) is 0 Å². The van der Waals surface area contributed by atoms with E-state index in [4.69, 9.17) is 0 Å². The summed E-state index contributed by atoms with van der Waals surface area (Å²) in [7, 11) is 0. The average Bonchev–Trinajstić information content (AvgIpc) is 0.886. The molecule has 2 heteroatoms. The van der Waals surface area contributed by atoms with Gasteiger partial charge >= 0.3 is 0 Å². The smallest absolute Gasteiger partial charge is 0.0490 e. The van der Waals surface area contributed by atoms with Crippen molar-refractivity contribution in [2.45, 2.75) is 13.8 Å². The van der Waals surface area contributed by atoms with E-state index >= 15 is 0 Å². The summed E-state index contributed by atoms with van der Waals surface area (Å²) in [5, 5.41) is 0. The fourth-order valence-electron chi connectivity index (χ4n) is 12.0. The molecule has 98 heavy (non-hydrogen) atoms. The molecule has 0 spiro atoms. The Labute approximate surface area is 579 Å². The van der Waals surface area contributed by atoms with Gasteiger partial charge in [-0.05, 0) is 175 Å². The third-order valence-electron chi connectivity index (χ3n) is 17.4. The van der Waals surface area contributed by atoms with Crippen molar-refractivity contribution < 1.29 is 0 Å². The van der Waals surface area contributed by atoms with Crippen LogP contribution in [-0.4, -0.2) is 0 Å². The van der Waals surface area contributed by atoms with Crippen LogP contribution in [0, 0.1) is 13.8 Å². The summed E-state index contributed by atoms with van der Waals surface area (Å²) in [6.07, 6.45) is 30.5. The Hall–Kier alpha value is -12.6. The molecule has 2 nitrogen and oxygen atoms in total. The summed E-state index contributed by atoms with van der Waals surface area (Å²) in [4.78, 5) is 4.68. The van der Waals surface area contributed by atoms with Gasteiger partial charge in [-0.2, -0.15) is 0 Å². The van der Waals surface area contributed by atoms with Gasteiger partial charge < -0.3 is 9.80 Å². The Morgan fingerprint density at radius 3 is 0.592 bits per heavy atom. The lowest BCUT2D eigenvalue weighted by Gasteiger charge is -2.27. The van der Waals surface area contributed by atoms with Crippen LogP contribution < -0.4 is 9.80 Å². The van der Waals surface area contributed by atoms with Crippen LogP contribution in [0.3, 0.4) is 0 Å². The van der Waals surface area contributed by atoms with Gasteiger partial charge in [-0.1, -0.05) is 364 Å². The van der Waals surface area contributed by atoms with E-state index in [-0.39, 0.29) is 0 Å². The van der Waals surface area contributed by atoms with Gasteiger partial charge in [0.15, 0.2) is 0 Å². The first-order chi connectivity index (χ1) is 48.4. The maximum atomic E-state index is 2.34. The molecule has 0 bridgehead atoms. The summed E-state index contributed by atoms with van der Waals surface area (Å²) in [5.41, 5.74) is 27.7. The highest BCUT2D eigenvalue weighted by Gasteiger charge is 2.17. The number of aryl methyl sites for hydroxylation is 2. The van der Waals surface area contributed by atoms with Gasteiger partial charge in [0.2, 0.25) is 0 Å². The van der Waals surface area contributed by atoms with Crippen LogP contribution in [0.25, 0.3) is 71.9 Å². The van der Waals surface area contributed by atoms with E-state index in [1.54, 1.807) is 0 Å². The molecule has 0 aliphatic rings. The van der Waals surface area contributed by atoms with Crippen LogP contribution in [0.15, 0.2) is 364 Å². The zero-order valence-electron chi connectivity index (χ0n) is 55.3. The minimum Gasteiger partial charge on any atom is -0.310 e. The Bertz CT molecular complexity index is 4570. The lowest BCUT2D eigenvalue weighted by Crippen LogP contribution is -2.11. The molecule has 0 aliphatic heterocycles. The van der Waals surface area contributed by atoms with Crippen LogP contribution in [-0.2, 0) is 0 Å². The maximum absolute atomic E-state index is 2.34. The van der Waals surface area contributed by atoms with E-state index in [0.29, 0.717) is 0 Å². The van der Waals surface area contributed by atoms with Crippen molar-refractivity contribution in [1.29, 1.82) is 0 Å². The van der Waals surface area contributed by atoms with Crippen molar-refractivity contribution in [3.05, 3.63) is 453 Å². The molecule has 0 amide bonds. The second kappa shape index (κ2) is 32.0. The molecule has 0 saturated heterocycles. The zero-order valence-corrected chi connectivity index (χ0v) is 55.3. The molecule has 0 radical (unpaired) electrons. The molecule has 13 aromatic carbocycles. The quantitative estimate of drug-likeness (QED) is 0.0493. The van der Waals surface area contributed by atoms with E-state index in [0.717, 1.165) is 89.8 Å². The van der Waals surface area contributed by atoms with Gasteiger partial charge in [0.25, 0.3) is 0 Å². The van der Waals surface area contributed by atoms with Crippen LogP contribution in [0.2, 0.25) is 0 Å². The Kier molecular flexibility index (Phi) is 20.9. The van der Waals surface area contributed by atoms with E-state index < -0.39 is 0 Å². The SMILES string of the molecule is Cc1ccccc1N(c1ccc(/C=C/c2ccc(/C=C/C=C(c3ccccc3)c3ccccc3)cc2)cc1)c1ccc(/C=C/c2ccc(/C=C/c3ccc(N(c4ccc(/C=C/c5ccc(/C=C/C=C(c6ccccc6)c6ccccc6)cc5)cc4)c4ccccc4C)cc3)cc2)cc1. The Morgan fingerprint density at radius 2 is 0.378 bits per heavy atom. The minimum absolute atomic E-state index is 1.10. The first kappa shape index (κ1) is 64.1. The molecule has 0 atom stereocenters. The van der Waals surface area contributed by atoms with Crippen LogP contribution >= 0.6 is 0 Å². The van der Waals surface area contributed by atoms with E-state index in [2.05, 4.69) is 448 Å². The second-order valence-corrected chi connectivity index (χ2v) is 24.3. The predicted molar refractivity (Wildman–Crippen MR) is 425 cm³/mol. The number of nitrogens with zero attached hydrogens (tertiary/aromatic N) is 2. The van der Waals surface area contributed by atoms with Crippen LogP contribution in [0.1, 0.15) is 89.0 Å². The highest BCUT2D eigenvalue weighted by molar-refractivity contribution is 5.86. The molecular weight excluding hydrogens is 1180 g/mol. The second-order valence-electron chi connectivity index (χ2n) is 24.3. The van der Waals surface area contributed by atoms with Crippen molar-refractivity contribution in [2.24, 2.45) is 0 Å². The Balaban J connectivity index is 0.621. The summed E-state index contributed by atoms with van der Waals surface area (Å²) >= 11 is 0. The van der Waals surface area contributed by atoms with Crippen molar-refractivity contribution >= 4 is 106 Å². The third-order valence-corrected chi connectivity index (χ3v) is 17.4. The van der Waals surface area contributed by atoms with Gasteiger partial charge in [-0.3, -0.25) is 0 Å². The average molecular weight is 1260 g/mol. The molecule has 0 unspecified atom stereocenters. The van der Waals surface area contributed by atoms with Crippen molar-refractivity contribution in [3.63, 3.8) is 0 Å². The first-order valence-electron chi connectivity index (χ1n) is 33.5. The number of rotatable bonds is 22. The Morgan fingerprint density at radius 1 is 0.194 bits per heavy atom. The monoisotopic (exact) mass is 1260 g/mol. The standard InChI is InChI=1S/C96H76N2/c1-73-21-15-17-35-95(73)97(89-65-57-81(58-66-89)53-49-77-41-37-75(38-42-77)23-19-33-93(85-25-7-3-8-26-85)86-27-9-4-10-28-86)91-69-61-83(62-70-91)55-51-79-45-47-80(48-46-79)52-56-84-63-71-92(72-64-84)98(96-36-18-16-22-74(96)2)90-67-59-82(60-68-90)54-50-78-43-39-76(40-44-78)24-20-34-94(87-29-11-5-12-30-87)88-31-13-6-14-32-88/h3-72H,1-2H3/b23-19+,24-20+,53-49+,54-50+,55-51+,56-52+. The van der Waals surface area contributed by atoms with Crippen molar-refractivity contribution in [1.82, 2.24) is 0 Å². The number of hydrogen-bond acceptors (Lipinski definition) is 2. The van der Waals surface area contributed by atoms with Crippen molar-refractivity contribution in [2.75, 3.05) is 9.80 Å². The fourth-order valence-corrected chi connectivity index (χ4v) is 12.0. The maximum Gasteiger partial charge on any atom is 0.0490 e. The number of allylic oxidation sites excluding steroid dienone is 4. The van der Waals surface area contributed by atoms with Crippen molar-refractivity contribution in [3.8, 4) is 0 Å². The largest absolute Gasteiger partial charge is 0.310 e. The topological polar surface area (TPSA) is 6.48 Å². The molecule has 13 aromatic rings. The van der Waals surface area contributed by atoms with Gasteiger partial charge in [-0.25, -0.2) is 0 Å². The van der Waals surface area contributed by atoms with E-state index in [1.807, 2.05) is 0 Å². The number of benzene rings is 13. The molecule has 0 aromatic heterocycles. The summed E-state index contributed by atoms with van der Waals surface area (Å²) in [5.74, 6) is 0. The fraction of sp³-hybridized carbons (Fsp3) is 0.0208. The van der Waals surface area contributed by atoms with Crippen LogP contribution in [0.5, 0.6) is 0 Å². The number of hydrogen-bond donors (Lipinski definition) is 0. The van der Waals surface area contributed by atoms with Gasteiger partial charge in [0, 0.05) is 34.1 Å². The third kappa shape index (κ3) is 16.8. The summed E-state index contributed by atoms with van der Waals surface area (Å²) in [6.45, 7) is 4.35. The molecule has 13 rings (SSSR count). The van der Waals surface area contributed by atoms with E-state index in [1.165, 1.54) is 44.5 Å². The summed E-state index contributed by atoms with van der Waals surface area (Å²) in [6, 6.07) is 121. The lowest BCUT2D eigenvalue weighted by molar-refractivity contribution is 1.25. The van der Waals surface area contributed by atoms with Gasteiger partial charge in [-0.15, -0.1) is 0 Å². The normalized spacial score (nSPS) is 11.5. The summed E-state index contributed by atoms with van der Waals surface area (Å²) < 4.78 is 0. The molecule has 470 valence electrons. The molecule has 0 aliphatic carbocycles. The highest BCUT2D eigenvalue weighted by atomic mass is 15.1. The predicted octanol–water partition coefficient (Wildman–Crippen LogP) is 26.2. The van der Waals surface area contributed by atoms with Crippen LogP contribution in [0.4, 0.5) is 34.1 Å². The zero-order chi connectivity index (χ0) is 66.5. The molecule has 0 saturated carbocycles. The minimum atomic E-state index is 1.10. The van der Waals surface area contributed by atoms with Gasteiger partial charge in [0.1, 0.15) is 0 Å². The molecular formula is C96H76N2. The van der Waals surface area contributed by atoms with Gasteiger partial charge in [0.05, 0.1) is 0 Å². The lowest BCUT2D eigenvalue weighted by atomic mass is 9.97. The number of anilines is 6. The first-order valence-corrected chi connectivity index (χ1v) is 33.5. The molecule has 0 heterocycles. The molecule has 0 N–H and O–H groups in total. The molecule has 0 fully saturated rings.